The lowest BCUT2D eigenvalue weighted by Gasteiger charge is -2.22. The molecular weight excluding hydrogens is 154 g/mol. The number of aromatic carboxylic acids is 1. The molecule has 3 nitrogen and oxygen atoms in total. The maximum Gasteiger partial charge on any atom is 0.352 e. The van der Waals surface area contributed by atoms with Crippen molar-refractivity contribution in [1.29, 1.82) is 0 Å². The minimum atomic E-state index is -0.880. The van der Waals surface area contributed by atoms with Gasteiger partial charge in [-0.2, -0.15) is 0 Å². The Hall–Kier alpha value is -1.25. The van der Waals surface area contributed by atoms with Crippen molar-refractivity contribution >= 4 is 5.97 Å². The Labute approximate surface area is 71.6 Å². The van der Waals surface area contributed by atoms with Gasteiger partial charge in [0.1, 0.15) is 5.69 Å². The molecular formula is C9H13NO2. The Morgan fingerprint density at radius 2 is 2.08 bits per heavy atom. The molecule has 1 N–H and O–H groups in total. The first-order valence-electron chi connectivity index (χ1n) is 3.84. The van der Waals surface area contributed by atoms with Crippen molar-refractivity contribution in [2.45, 2.75) is 26.3 Å². The topological polar surface area (TPSA) is 42.2 Å². The second-order valence-electron chi connectivity index (χ2n) is 3.74. The fourth-order valence-corrected chi connectivity index (χ4v) is 1.14. The van der Waals surface area contributed by atoms with E-state index in [-0.39, 0.29) is 5.54 Å². The minimum Gasteiger partial charge on any atom is -0.477 e. The number of rotatable bonds is 1. The summed E-state index contributed by atoms with van der Waals surface area (Å²) in [4.78, 5) is 10.7. The van der Waals surface area contributed by atoms with E-state index in [1.165, 1.54) is 0 Å². The molecule has 1 aromatic heterocycles. The number of aromatic nitrogens is 1. The highest BCUT2D eigenvalue weighted by molar-refractivity contribution is 5.85. The molecule has 1 heterocycles. The molecule has 0 aliphatic carbocycles. The number of nitrogens with zero attached hydrogens (tertiary/aromatic N) is 1. The molecule has 0 radical (unpaired) electrons. The SMILES string of the molecule is CC(C)(C)n1cccc1C(=O)O. The molecule has 0 saturated heterocycles. The van der Waals surface area contributed by atoms with Gasteiger partial charge in [-0.15, -0.1) is 0 Å². The summed E-state index contributed by atoms with van der Waals surface area (Å²) in [5.74, 6) is -0.880. The summed E-state index contributed by atoms with van der Waals surface area (Å²) in [6, 6.07) is 3.35. The zero-order valence-corrected chi connectivity index (χ0v) is 7.53. The van der Waals surface area contributed by atoms with Crippen molar-refractivity contribution in [2.24, 2.45) is 0 Å². The van der Waals surface area contributed by atoms with Crippen LogP contribution in [0, 0.1) is 0 Å². The highest BCUT2D eigenvalue weighted by Gasteiger charge is 2.18. The Morgan fingerprint density at radius 3 is 2.42 bits per heavy atom. The van der Waals surface area contributed by atoms with Gasteiger partial charge in [-0.25, -0.2) is 4.79 Å². The Morgan fingerprint density at radius 1 is 1.50 bits per heavy atom. The monoisotopic (exact) mass is 167 g/mol. The van der Waals surface area contributed by atoms with E-state index < -0.39 is 5.97 Å². The van der Waals surface area contributed by atoms with Gasteiger partial charge in [-0.05, 0) is 32.9 Å². The molecule has 0 unspecified atom stereocenters. The van der Waals surface area contributed by atoms with E-state index in [9.17, 15) is 4.79 Å². The molecule has 0 amide bonds. The van der Waals surface area contributed by atoms with Gasteiger partial charge in [0, 0.05) is 11.7 Å². The molecule has 3 heteroatoms. The molecule has 0 atom stereocenters. The predicted molar refractivity (Wildman–Crippen MR) is 46.4 cm³/mol. The molecule has 12 heavy (non-hydrogen) atoms. The first kappa shape index (κ1) is 8.84. The minimum absolute atomic E-state index is 0.169. The van der Waals surface area contributed by atoms with Crippen LogP contribution >= 0.6 is 0 Å². The molecule has 66 valence electrons. The second kappa shape index (κ2) is 2.66. The summed E-state index contributed by atoms with van der Waals surface area (Å²) >= 11 is 0. The van der Waals surface area contributed by atoms with Crippen molar-refractivity contribution in [3.8, 4) is 0 Å². The third-order valence-electron chi connectivity index (χ3n) is 1.69. The van der Waals surface area contributed by atoms with Gasteiger partial charge in [-0.3, -0.25) is 0 Å². The second-order valence-corrected chi connectivity index (χ2v) is 3.74. The van der Waals surface area contributed by atoms with Gasteiger partial charge in [-0.1, -0.05) is 0 Å². The molecule has 1 rings (SSSR count). The average molecular weight is 167 g/mol. The van der Waals surface area contributed by atoms with E-state index in [1.807, 2.05) is 20.8 Å². The predicted octanol–water partition coefficient (Wildman–Crippen LogP) is 1.94. The van der Waals surface area contributed by atoms with Crippen molar-refractivity contribution < 1.29 is 9.90 Å². The fraction of sp³-hybridized carbons (Fsp3) is 0.444. The highest BCUT2D eigenvalue weighted by Crippen LogP contribution is 2.17. The summed E-state index contributed by atoms with van der Waals surface area (Å²) < 4.78 is 1.75. The van der Waals surface area contributed by atoms with Crippen LogP contribution in [-0.2, 0) is 5.54 Å². The first-order chi connectivity index (χ1) is 5.43. The van der Waals surface area contributed by atoms with Gasteiger partial charge in [0.2, 0.25) is 0 Å². The van der Waals surface area contributed by atoms with E-state index in [0.717, 1.165) is 0 Å². The number of carboxylic acid groups (broad SMARTS) is 1. The van der Waals surface area contributed by atoms with E-state index in [0.29, 0.717) is 5.69 Å². The third kappa shape index (κ3) is 1.49. The van der Waals surface area contributed by atoms with Crippen LogP contribution in [0.5, 0.6) is 0 Å². The van der Waals surface area contributed by atoms with Gasteiger partial charge < -0.3 is 9.67 Å². The average Bonchev–Trinajstić information content (AvgIpc) is 2.30. The van der Waals surface area contributed by atoms with Crippen LogP contribution in [0.4, 0.5) is 0 Å². The molecule has 0 aliphatic heterocycles. The van der Waals surface area contributed by atoms with Crippen LogP contribution in [0.2, 0.25) is 0 Å². The van der Waals surface area contributed by atoms with E-state index in [4.69, 9.17) is 5.11 Å². The summed E-state index contributed by atoms with van der Waals surface area (Å²) in [6.07, 6.45) is 1.78. The zero-order valence-electron chi connectivity index (χ0n) is 7.53. The van der Waals surface area contributed by atoms with Gasteiger partial charge in [0.15, 0.2) is 0 Å². The van der Waals surface area contributed by atoms with Crippen LogP contribution in [0.3, 0.4) is 0 Å². The van der Waals surface area contributed by atoms with Gasteiger partial charge in [0.05, 0.1) is 0 Å². The lowest BCUT2D eigenvalue weighted by atomic mass is 10.1. The van der Waals surface area contributed by atoms with Crippen LogP contribution in [0.1, 0.15) is 31.3 Å². The standard InChI is InChI=1S/C9H13NO2/c1-9(2,3)10-6-4-5-7(10)8(11)12/h4-6H,1-3H3,(H,11,12). The van der Waals surface area contributed by atoms with Crippen LogP contribution in [0.25, 0.3) is 0 Å². The summed E-state index contributed by atoms with van der Waals surface area (Å²) in [7, 11) is 0. The summed E-state index contributed by atoms with van der Waals surface area (Å²) in [6.45, 7) is 5.92. The first-order valence-corrected chi connectivity index (χ1v) is 3.84. The maximum atomic E-state index is 10.7. The van der Waals surface area contributed by atoms with Crippen molar-refractivity contribution in [1.82, 2.24) is 4.57 Å². The largest absolute Gasteiger partial charge is 0.477 e. The number of carboxylic acids is 1. The van der Waals surface area contributed by atoms with E-state index >= 15 is 0 Å². The van der Waals surface area contributed by atoms with E-state index in [2.05, 4.69) is 0 Å². The molecule has 0 aliphatic rings. The number of hydrogen-bond donors (Lipinski definition) is 1. The zero-order chi connectivity index (χ0) is 9.35. The van der Waals surface area contributed by atoms with Crippen molar-refractivity contribution in [2.75, 3.05) is 0 Å². The molecule has 0 spiro atoms. The lowest BCUT2D eigenvalue weighted by Crippen LogP contribution is -2.24. The molecule has 0 saturated carbocycles. The van der Waals surface area contributed by atoms with Crippen LogP contribution in [-0.4, -0.2) is 15.6 Å². The Bertz CT molecular complexity index is 294. The molecule has 0 bridgehead atoms. The number of hydrogen-bond acceptors (Lipinski definition) is 1. The van der Waals surface area contributed by atoms with Crippen LogP contribution < -0.4 is 0 Å². The Kier molecular flexibility index (Phi) is 1.96. The Balaban J connectivity index is 3.17. The third-order valence-corrected chi connectivity index (χ3v) is 1.69. The van der Waals surface area contributed by atoms with Crippen LogP contribution in [0.15, 0.2) is 18.3 Å². The smallest absolute Gasteiger partial charge is 0.352 e. The van der Waals surface area contributed by atoms with Crippen molar-refractivity contribution in [3.63, 3.8) is 0 Å². The van der Waals surface area contributed by atoms with Crippen molar-refractivity contribution in [3.05, 3.63) is 24.0 Å². The van der Waals surface area contributed by atoms with Gasteiger partial charge >= 0.3 is 5.97 Å². The highest BCUT2D eigenvalue weighted by atomic mass is 16.4. The molecule has 0 aromatic carbocycles. The van der Waals surface area contributed by atoms with Gasteiger partial charge in [0.25, 0.3) is 0 Å². The maximum absolute atomic E-state index is 10.7. The van der Waals surface area contributed by atoms with E-state index in [1.54, 1.807) is 22.9 Å². The lowest BCUT2D eigenvalue weighted by molar-refractivity contribution is 0.0678. The summed E-state index contributed by atoms with van der Waals surface area (Å²) in [5.41, 5.74) is 0.166. The fourth-order valence-electron chi connectivity index (χ4n) is 1.14. The molecule has 0 fully saturated rings. The quantitative estimate of drug-likeness (QED) is 0.694. The number of carbonyl (C=O) groups is 1. The molecule has 1 aromatic rings. The normalized spacial score (nSPS) is 11.6. The summed E-state index contributed by atoms with van der Waals surface area (Å²) in [5, 5.41) is 8.80.